The topological polar surface area (TPSA) is 30.5 Å². The van der Waals surface area contributed by atoms with Crippen LogP contribution in [0.25, 0.3) is 0 Å². The van der Waals surface area contributed by atoms with Crippen LogP contribution in [0, 0.1) is 5.82 Å². The molecule has 1 aromatic carbocycles. The largest absolute Gasteiger partial charge is 0.494 e. The average Bonchev–Trinajstić information content (AvgIpc) is 2.57. The Balaban J connectivity index is 2.20. The molecule has 0 aromatic heterocycles. The molecule has 1 fully saturated rings. The molecule has 1 heterocycles. The molecular weight excluding hydrogens is 268 g/mol. The van der Waals surface area contributed by atoms with Crippen LogP contribution in [-0.2, 0) is 15.9 Å². The fourth-order valence-corrected chi connectivity index (χ4v) is 2.17. The van der Waals surface area contributed by atoms with E-state index in [1.165, 1.54) is 6.07 Å². The molecule has 21 heavy (non-hydrogen) atoms. The van der Waals surface area contributed by atoms with Crippen LogP contribution in [0.3, 0.4) is 0 Å². The van der Waals surface area contributed by atoms with Crippen LogP contribution in [0.5, 0.6) is 0 Å². The van der Waals surface area contributed by atoms with Crippen molar-refractivity contribution in [3.8, 4) is 0 Å². The second-order valence-electron chi connectivity index (χ2n) is 6.97. The van der Waals surface area contributed by atoms with Crippen molar-refractivity contribution in [3.63, 3.8) is 0 Å². The third-order valence-corrected chi connectivity index (χ3v) is 4.30. The van der Waals surface area contributed by atoms with E-state index in [0.29, 0.717) is 18.2 Å². The molecule has 5 heteroatoms. The van der Waals surface area contributed by atoms with E-state index in [4.69, 9.17) is 9.31 Å². The molecule has 0 aliphatic carbocycles. The van der Waals surface area contributed by atoms with Crippen molar-refractivity contribution in [1.82, 2.24) is 5.32 Å². The standard InChI is InChI=1S/C16H25BFNO2/c1-11(2)19-10-12-9-13(7-8-14(12)18)17-20-15(3,4)16(5,6)21-17/h7-9,11,19H,10H2,1-6H3. The summed E-state index contributed by atoms with van der Waals surface area (Å²) in [6.07, 6.45) is 0. The summed E-state index contributed by atoms with van der Waals surface area (Å²) in [6, 6.07) is 5.35. The molecule has 1 saturated heterocycles. The lowest BCUT2D eigenvalue weighted by Crippen LogP contribution is -2.41. The maximum Gasteiger partial charge on any atom is 0.494 e. The molecule has 1 aliphatic heterocycles. The lowest BCUT2D eigenvalue weighted by Gasteiger charge is -2.32. The van der Waals surface area contributed by atoms with Gasteiger partial charge in [0.05, 0.1) is 11.2 Å². The summed E-state index contributed by atoms with van der Waals surface area (Å²) in [4.78, 5) is 0. The zero-order valence-corrected chi connectivity index (χ0v) is 13.8. The van der Waals surface area contributed by atoms with Gasteiger partial charge in [-0.15, -0.1) is 0 Å². The van der Waals surface area contributed by atoms with Crippen LogP contribution in [0.15, 0.2) is 18.2 Å². The predicted octanol–water partition coefficient (Wildman–Crippen LogP) is 2.62. The van der Waals surface area contributed by atoms with Crippen LogP contribution in [0.4, 0.5) is 4.39 Å². The Hall–Kier alpha value is -0.905. The van der Waals surface area contributed by atoms with Gasteiger partial charge in [-0.1, -0.05) is 26.0 Å². The Bertz CT molecular complexity index is 501. The minimum absolute atomic E-state index is 0.205. The van der Waals surface area contributed by atoms with Crippen molar-refractivity contribution in [3.05, 3.63) is 29.6 Å². The van der Waals surface area contributed by atoms with Gasteiger partial charge in [-0.05, 0) is 39.2 Å². The number of nitrogens with one attached hydrogen (secondary N) is 1. The fraction of sp³-hybridized carbons (Fsp3) is 0.625. The summed E-state index contributed by atoms with van der Waals surface area (Å²) in [5.41, 5.74) is 0.719. The highest BCUT2D eigenvalue weighted by molar-refractivity contribution is 6.62. The van der Waals surface area contributed by atoms with Gasteiger partial charge >= 0.3 is 7.12 Å². The molecule has 0 unspecified atom stereocenters. The minimum Gasteiger partial charge on any atom is -0.399 e. The number of hydrogen-bond donors (Lipinski definition) is 1. The smallest absolute Gasteiger partial charge is 0.399 e. The number of benzene rings is 1. The summed E-state index contributed by atoms with van der Waals surface area (Å²) in [6.45, 7) is 12.6. The van der Waals surface area contributed by atoms with E-state index in [-0.39, 0.29) is 17.0 Å². The van der Waals surface area contributed by atoms with Crippen LogP contribution in [0.1, 0.15) is 47.1 Å². The highest BCUT2D eigenvalue weighted by atomic mass is 19.1. The number of hydrogen-bond acceptors (Lipinski definition) is 3. The monoisotopic (exact) mass is 293 g/mol. The Morgan fingerprint density at radius 2 is 1.71 bits per heavy atom. The lowest BCUT2D eigenvalue weighted by molar-refractivity contribution is 0.00578. The van der Waals surface area contributed by atoms with Gasteiger partial charge in [0.1, 0.15) is 5.82 Å². The first kappa shape index (κ1) is 16.5. The van der Waals surface area contributed by atoms with Gasteiger partial charge < -0.3 is 14.6 Å². The van der Waals surface area contributed by atoms with Gasteiger partial charge in [-0.3, -0.25) is 0 Å². The Labute approximate surface area is 127 Å². The van der Waals surface area contributed by atoms with E-state index in [9.17, 15) is 4.39 Å². The molecule has 3 nitrogen and oxygen atoms in total. The molecule has 0 atom stereocenters. The molecule has 116 valence electrons. The molecule has 1 N–H and O–H groups in total. The Kier molecular flexibility index (Phi) is 4.48. The van der Waals surface area contributed by atoms with Gasteiger partial charge in [0, 0.05) is 18.2 Å². The minimum atomic E-state index is -0.451. The van der Waals surface area contributed by atoms with Crippen molar-refractivity contribution < 1.29 is 13.7 Å². The first-order valence-electron chi connectivity index (χ1n) is 7.50. The Morgan fingerprint density at radius 1 is 1.14 bits per heavy atom. The maximum absolute atomic E-state index is 13.9. The Morgan fingerprint density at radius 3 is 2.24 bits per heavy atom. The quantitative estimate of drug-likeness (QED) is 0.866. The fourth-order valence-electron chi connectivity index (χ4n) is 2.17. The summed E-state index contributed by atoms with van der Waals surface area (Å²) >= 11 is 0. The SMILES string of the molecule is CC(C)NCc1cc(B2OC(C)(C)C(C)(C)O2)ccc1F. The average molecular weight is 293 g/mol. The first-order chi connectivity index (χ1) is 9.62. The third kappa shape index (κ3) is 3.47. The van der Waals surface area contributed by atoms with E-state index >= 15 is 0 Å². The zero-order chi connectivity index (χ0) is 15.8. The second-order valence-corrected chi connectivity index (χ2v) is 6.97. The van der Waals surface area contributed by atoms with Crippen LogP contribution < -0.4 is 10.8 Å². The zero-order valence-electron chi connectivity index (χ0n) is 13.8. The highest BCUT2D eigenvalue weighted by Gasteiger charge is 2.51. The second kappa shape index (κ2) is 5.71. The first-order valence-corrected chi connectivity index (χ1v) is 7.50. The number of rotatable bonds is 4. The molecule has 0 spiro atoms. The molecule has 0 saturated carbocycles. The van der Waals surface area contributed by atoms with E-state index in [0.717, 1.165) is 5.46 Å². The van der Waals surface area contributed by atoms with Gasteiger partial charge in [-0.25, -0.2) is 4.39 Å². The molecule has 0 amide bonds. The molecular formula is C16H25BFNO2. The van der Waals surface area contributed by atoms with Crippen LogP contribution >= 0.6 is 0 Å². The molecule has 0 radical (unpaired) electrons. The van der Waals surface area contributed by atoms with E-state index in [1.807, 2.05) is 47.6 Å². The summed E-state index contributed by atoms with van der Waals surface area (Å²) in [5, 5.41) is 3.23. The van der Waals surface area contributed by atoms with Crippen LogP contribution in [-0.4, -0.2) is 24.4 Å². The summed E-state index contributed by atoms with van der Waals surface area (Å²) in [5.74, 6) is -0.205. The van der Waals surface area contributed by atoms with Crippen molar-refractivity contribution in [2.24, 2.45) is 0 Å². The van der Waals surface area contributed by atoms with Gasteiger partial charge in [0.2, 0.25) is 0 Å². The maximum atomic E-state index is 13.9. The van der Waals surface area contributed by atoms with Gasteiger partial charge in [0.15, 0.2) is 0 Å². The van der Waals surface area contributed by atoms with Crippen molar-refractivity contribution >= 4 is 12.6 Å². The number of halogens is 1. The third-order valence-electron chi connectivity index (χ3n) is 4.30. The molecule has 1 aromatic rings. The van der Waals surface area contributed by atoms with E-state index in [2.05, 4.69) is 5.32 Å². The molecule has 1 aliphatic rings. The van der Waals surface area contributed by atoms with Gasteiger partial charge in [0.25, 0.3) is 0 Å². The summed E-state index contributed by atoms with van der Waals surface area (Å²) < 4.78 is 25.9. The van der Waals surface area contributed by atoms with E-state index in [1.54, 1.807) is 6.07 Å². The molecule has 2 rings (SSSR count). The van der Waals surface area contributed by atoms with E-state index < -0.39 is 7.12 Å². The normalized spacial score (nSPS) is 20.3. The van der Waals surface area contributed by atoms with Crippen molar-refractivity contribution in [2.45, 2.75) is 65.3 Å². The van der Waals surface area contributed by atoms with Gasteiger partial charge in [-0.2, -0.15) is 0 Å². The van der Waals surface area contributed by atoms with Crippen LogP contribution in [0.2, 0.25) is 0 Å². The highest BCUT2D eigenvalue weighted by Crippen LogP contribution is 2.36. The van der Waals surface area contributed by atoms with Crippen molar-refractivity contribution in [2.75, 3.05) is 0 Å². The van der Waals surface area contributed by atoms with Crippen molar-refractivity contribution in [1.29, 1.82) is 0 Å². The molecule has 0 bridgehead atoms. The lowest BCUT2D eigenvalue weighted by atomic mass is 9.78. The predicted molar refractivity (Wildman–Crippen MR) is 84.1 cm³/mol. The summed E-state index contributed by atoms with van der Waals surface area (Å²) in [7, 11) is -0.451.